The van der Waals surface area contributed by atoms with Crippen LogP contribution in [0.25, 0.3) is 6.08 Å². The van der Waals surface area contributed by atoms with Gasteiger partial charge in [-0.3, -0.25) is 4.79 Å². The van der Waals surface area contributed by atoms with Gasteiger partial charge in [0, 0.05) is 19.2 Å². The minimum Gasteiger partial charge on any atom is -0.339 e. The average molecular weight is 365 g/mol. The standard InChI is InChI=1S/C18H18F3N3O2/c1-12-22-17(26-23-12)14-3-2-10-24(11-14)16(25)9-6-13-4-7-15(8-5-13)18(19,20)21/h4-9,14H,2-3,10-11H2,1H3. The number of hydrogen-bond acceptors (Lipinski definition) is 4. The maximum atomic E-state index is 12.6. The molecule has 0 aliphatic carbocycles. The average Bonchev–Trinajstić information content (AvgIpc) is 3.06. The molecule has 0 saturated carbocycles. The van der Waals surface area contributed by atoms with Gasteiger partial charge in [-0.15, -0.1) is 0 Å². The second-order valence-corrected chi connectivity index (χ2v) is 6.26. The summed E-state index contributed by atoms with van der Waals surface area (Å²) in [5.74, 6) is 0.913. The van der Waals surface area contributed by atoms with Gasteiger partial charge in [-0.2, -0.15) is 18.2 Å². The van der Waals surface area contributed by atoms with Crippen molar-refractivity contribution in [2.45, 2.75) is 31.9 Å². The molecule has 1 aromatic heterocycles. The summed E-state index contributed by atoms with van der Waals surface area (Å²) in [7, 11) is 0. The number of hydrogen-bond donors (Lipinski definition) is 0. The van der Waals surface area contributed by atoms with Gasteiger partial charge in [0.1, 0.15) is 0 Å². The largest absolute Gasteiger partial charge is 0.416 e. The van der Waals surface area contributed by atoms with Gasteiger partial charge < -0.3 is 9.42 Å². The number of benzene rings is 1. The summed E-state index contributed by atoms with van der Waals surface area (Å²) in [5.41, 5.74) is -0.179. The first-order valence-electron chi connectivity index (χ1n) is 8.27. The van der Waals surface area contributed by atoms with Crippen LogP contribution in [-0.2, 0) is 11.0 Å². The summed E-state index contributed by atoms with van der Waals surface area (Å²) in [6.07, 6.45) is 0.223. The third-order valence-corrected chi connectivity index (χ3v) is 4.28. The Morgan fingerprint density at radius 1 is 1.31 bits per heavy atom. The zero-order valence-electron chi connectivity index (χ0n) is 14.2. The van der Waals surface area contributed by atoms with Crippen molar-refractivity contribution in [1.29, 1.82) is 0 Å². The van der Waals surface area contributed by atoms with Gasteiger partial charge >= 0.3 is 6.18 Å². The molecule has 1 atom stereocenters. The summed E-state index contributed by atoms with van der Waals surface area (Å²) in [4.78, 5) is 18.3. The van der Waals surface area contributed by atoms with E-state index < -0.39 is 11.7 Å². The monoisotopic (exact) mass is 365 g/mol. The predicted molar refractivity (Wildman–Crippen MR) is 88.1 cm³/mol. The third kappa shape index (κ3) is 4.30. The Morgan fingerprint density at radius 2 is 2.04 bits per heavy atom. The van der Waals surface area contributed by atoms with E-state index in [4.69, 9.17) is 4.52 Å². The fourth-order valence-electron chi connectivity index (χ4n) is 2.91. The molecular formula is C18H18F3N3O2. The molecule has 0 N–H and O–H groups in total. The van der Waals surface area contributed by atoms with Crippen LogP contribution in [-0.4, -0.2) is 34.0 Å². The number of piperidine rings is 1. The Kier molecular flexibility index (Phi) is 5.11. The Bertz CT molecular complexity index is 797. The molecular weight excluding hydrogens is 347 g/mol. The van der Waals surface area contributed by atoms with E-state index >= 15 is 0 Å². The molecule has 0 bridgehead atoms. The van der Waals surface area contributed by atoms with E-state index in [9.17, 15) is 18.0 Å². The van der Waals surface area contributed by atoms with E-state index in [1.807, 2.05) is 0 Å². The Balaban J connectivity index is 1.62. The van der Waals surface area contributed by atoms with Crippen molar-refractivity contribution < 1.29 is 22.5 Å². The van der Waals surface area contributed by atoms with E-state index in [1.54, 1.807) is 11.8 Å². The van der Waals surface area contributed by atoms with E-state index in [1.165, 1.54) is 24.3 Å². The summed E-state index contributed by atoms with van der Waals surface area (Å²) >= 11 is 0. The molecule has 1 aliphatic heterocycles. The highest BCUT2D eigenvalue weighted by molar-refractivity contribution is 5.91. The first-order valence-corrected chi connectivity index (χ1v) is 8.27. The van der Waals surface area contributed by atoms with Gasteiger partial charge in [0.05, 0.1) is 11.5 Å². The van der Waals surface area contributed by atoms with Crippen molar-refractivity contribution in [3.05, 3.63) is 53.2 Å². The summed E-state index contributed by atoms with van der Waals surface area (Å²) in [6, 6.07) is 4.68. The van der Waals surface area contributed by atoms with Gasteiger partial charge in [-0.25, -0.2) is 0 Å². The van der Waals surface area contributed by atoms with Crippen molar-refractivity contribution in [2.75, 3.05) is 13.1 Å². The molecule has 138 valence electrons. The number of carbonyl (C=O) groups excluding carboxylic acids is 1. The zero-order chi connectivity index (χ0) is 18.7. The van der Waals surface area contributed by atoms with Gasteiger partial charge in [0.25, 0.3) is 0 Å². The number of aryl methyl sites for hydroxylation is 1. The Morgan fingerprint density at radius 3 is 2.65 bits per heavy atom. The van der Waals surface area contributed by atoms with E-state index in [0.717, 1.165) is 25.0 Å². The zero-order valence-corrected chi connectivity index (χ0v) is 14.2. The van der Waals surface area contributed by atoms with Crippen molar-refractivity contribution in [3.63, 3.8) is 0 Å². The first kappa shape index (κ1) is 18.2. The molecule has 1 unspecified atom stereocenters. The number of carbonyl (C=O) groups is 1. The molecule has 8 heteroatoms. The number of rotatable bonds is 3. The van der Waals surface area contributed by atoms with Crippen LogP contribution in [0.1, 0.15) is 41.6 Å². The minimum atomic E-state index is -4.37. The summed E-state index contributed by atoms with van der Waals surface area (Å²) in [5, 5.41) is 3.78. The molecule has 1 saturated heterocycles. The van der Waals surface area contributed by atoms with Crippen LogP contribution < -0.4 is 0 Å². The topological polar surface area (TPSA) is 59.2 Å². The Hall–Kier alpha value is -2.64. The molecule has 5 nitrogen and oxygen atoms in total. The van der Waals surface area contributed by atoms with Gasteiger partial charge in [0.2, 0.25) is 11.8 Å². The molecule has 2 aromatic rings. The number of amides is 1. The third-order valence-electron chi connectivity index (χ3n) is 4.28. The smallest absolute Gasteiger partial charge is 0.339 e. The lowest BCUT2D eigenvalue weighted by Gasteiger charge is -2.30. The van der Waals surface area contributed by atoms with Crippen LogP contribution in [0.2, 0.25) is 0 Å². The van der Waals surface area contributed by atoms with Gasteiger partial charge in [0.15, 0.2) is 5.82 Å². The normalized spacial score (nSPS) is 18.5. The van der Waals surface area contributed by atoms with E-state index in [2.05, 4.69) is 10.1 Å². The molecule has 1 fully saturated rings. The number of aromatic nitrogens is 2. The number of alkyl halides is 3. The van der Waals surface area contributed by atoms with Crippen LogP contribution in [0.15, 0.2) is 34.9 Å². The highest BCUT2D eigenvalue weighted by Crippen LogP contribution is 2.29. The summed E-state index contributed by atoms with van der Waals surface area (Å²) < 4.78 is 42.9. The van der Waals surface area contributed by atoms with Crippen molar-refractivity contribution in [3.8, 4) is 0 Å². The molecule has 26 heavy (non-hydrogen) atoms. The van der Waals surface area contributed by atoms with Gasteiger partial charge in [-0.05, 0) is 43.5 Å². The van der Waals surface area contributed by atoms with Crippen molar-refractivity contribution >= 4 is 12.0 Å². The molecule has 1 amide bonds. The number of likely N-dealkylation sites (tertiary alicyclic amines) is 1. The maximum absolute atomic E-state index is 12.6. The fourth-order valence-corrected chi connectivity index (χ4v) is 2.91. The predicted octanol–water partition coefficient (Wildman–Crippen LogP) is 3.82. The quantitative estimate of drug-likeness (QED) is 0.776. The van der Waals surface area contributed by atoms with E-state index in [-0.39, 0.29) is 11.8 Å². The first-order chi connectivity index (χ1) is 12.3. The molecule has 3 rings (SSSR count). The second kappa shape index (κ2) is 7.31. The highest BCUT2D eigenvalue weighted by Gasteiger charge is 2.30. The van der Waals surface area contributed by atoms with Crippen molar-refractivity contribution in [1.82, 2.24) is 15.0 Å². The molecule has 2 heterocycles. The number of nitrogens with zero attached hydrogens (tertiary/aromatic N) is 3. The van der Waals surface area contributed by atoms with Crippen molar-refractivity contribution in [2.24, 2.45) is 0 Å². The van der Waals surface area contributed by atoms with Crippen LogP contribution in [0, 0.1) is 6.92 Å². The lowest BCUT2D eigenvalue weighted by molar-refractivity contribution is -0.137. The van der Waals surface area contributed by atoms with Crippen LogP contribution >= 0.6 is 0 Å². The second-order valence-electron chi connectivity index (χ2n) is 6.26. The summed E-state index contributed by atoms with van der Waals surface area (Å²) in [6.45, 7) is 2.85. The maximum Gasteiger partial charge on any atom is 0.416 e. The van der Waals surface area contributed by atoms with Crippen LogP contribution in [0.4, 0.5) is 13.2 Å². The lowest BCUT2D eigenvalue weighted by atomic mass is 9.98. The van der Waals surface area contributed by atoms with Crippen LogP contribution in [0.5, 0.6) is 0 Å². The highest BCUT2D eigenvalue weighted by atomic mass is 19.4. The molecule has 1 aromatic carbocycles. The van der Waals surface area contributed by atoms with Gasteiger partial charge in [-0.1, -0.05) is 17.3 Å². The molecule has 0 radical (unpaired) electrons. The minimum absolute atomic E-state index is 0.00775. The Labute approximate surface area is 148 Å². The molecule has 1 aliphatic rings. The van der Waals surface area contributed by atoms with E-state index in [0.29, 0.717) is 30.4 Å². The van der Waals surface area contributed by atoms with Crippen LogP contribution in [0.3, 0.4) is 0 Å². The SMILES string of the molecule is Cc1noc(C2CCCN(C(=O)C=Cc3ccc(C(F)(F)F)cc3)C2)n1. The molecule has 0 spiro atoms. The lowest BCUT2D eigenvalue weighted by Crippen LogP contribution is -2.38. The number of halogens is 3. The fraction of sp³-hybridized carbons (Fsp3) is 0.389.